The van der Waals surface area contributed by atoms with E-state index in [0.717, 1.165) is 14.8 Å². The summed E-state index contributed by atoms with van der Waals surface area (Å²) < 4.78 is 12.9. The fourth-order valence-corrected chi connectivity index (χ4v) is 8.52. The van der Waals surface area contributed by atoms with Crippen LogP contribution in [-0.2, 0) is 20.6 Å². The van der Waals surface area contributed by atoms with Crippen molar-refractivity contribution >= 4 is 65.6 Å². The summed E-state index contributed by atoms with van der Waals surface area (Å²) in [7, 11) is -4.69. The fourth-order valence-electron chi connectivity index (χ4n) is 3.15. The molecule has 30 heavy (non-hydrogen) atoms. The topological polar surface area (TPSA) is 133 Å². The van der Waals surface area contributed by atoms with Gasteiger partial charge in [0.2, 0.25) is 5.91 Å². The van der Waals surface area contributed by atoms with Crippen molar-refractivity contribution in [3.8, 4) is 0 Å². The minimum absolute atomic E-state index is 0.170. The quantitative estimate of drug-likeness (QED) is 0.294. The van der Waals surface area contributed by atoms with E-state index in [1.54, 1.807) is 0 Å². The molecule has 0 bridgehead atoms. The lowest BCUT2D eigenvalue weighted by molar-refractivity contribution is -0.145. The summed E-state index contributed by atoms with van der Waals surface area (Å²) in [5.74, 6) is -0.129. The van der Waals surface area contributed by atoms with Crippen LogP contribution in [0.1, 0.15) is 9.88 Å². The molecule has 0 unspecified atom stereocenters. The summed E-state index contributed by atoms with van der Waals surface area (Å²) in [5.41, 5.74) is 0.257. The van der Waals surface area contributed by atoms with Crippen LogP contribution in [0.5, 0.6) is 0 Å². The van der Waals surface area contributed by atoms with Crippen molar-refractivity contribution < 1.29 is 23.9 Å². The summed E-state index contributed by atoms with van der Waals surface area (Å²) in [6.45, 7) is 1.83. The summed E-state index contributed by atoms with van der Waals surface area (Å²) in [6.07, 6.45) is 0.170. The van der Waals surface area contributed by atoms with Gasteiger partial charge in [-0.3, -0.25) is 19.1 Å². The van der Waals surface area contributed by atoms with E-state index >= 15 is 0 Å². The second kappa shape index (κ2) is 8.73. The summed E-state index contributed by atoms with van der Waals surface area (Å²) in [6, 6.07) is 2.90. The Balaban J connectivity index is 1.48. The molecule has 160 valence electrons. The molecule has 3 N–H and O–H groups in total. The molecule has 2 aliphatic rings. The van der Waals surface area contributed by atoms with Gasteiger partial charge in [0.1, 0.15) is 21.9 Å². The smallest absolute Gasteiger partial charge is 0.341 e. The van der Waals surface area contributed by atoms with Crippen molar-refractivity contribution in [3.05, 3.63) is 38.4 Å². The SMILES string of the molecule is Cc1nnc(SCC2=C(P(=O)(O)O)N3C(=O)[C@@H](NC(=O)Cc4cccs4)[C@H]3SC2)s1. The first-order chi connectivity index (χ1) is 14.2. The molecule has 0 spiro atoms. The van der Waals surface area contributed by atoms with Crippen LogP contribution in [0.25, 0.3) is 0 Å². The molecule has 2 atom stereocenters. The van der Waals surface area contributed by atoms with Gasteiger partial charge in [-0.2, -0.15) is 0 Å². The van der Waals surface area contributed by atoms with Gasteiger partial charge in [-0.1, -0.05) is 29.2 Å². The van der Waals surface area contributed by atoms with Crippen LogP contribution < -0.4 is 5.32 Å². The first-order valence-electron chi connectivity index (χ1n) is 8.71. The standard InChI is InChI=1S/C16H17N4O5PS4/c1-8-18-19-16(30-8)29-7-9-6-28-15-12(13(22)20(15)14(9)26(23,24)25)17-11(21)5-10-3-2-4-27-10/h2-4,12,15H,5-7H2,1H3,(H,17,21)(H2,23,24,25)/t12-,15-/m1/s1. The van der Waals surface area contributed by atoms with Gasteiger partial charge in [-0.15, -0.1) is 33.3 Å². The minimum Gasteiger partial charge on any atom is -0.341 e. The number of aromatic nitrogens is 2. The number of amides is 2. The first-order valence-corrected chi connectivity index (χ1v) is 14.1. The minimum atomic E-state index is -4.69. The Bertz CT molecular complexity index is 1050. The Kier molecular flexibility index (Phi) is 6.40. The van der Waals surface area contributed by atoms with Crippen molar-refractivity contribution in [2.45, 2.75) is 29.1 Å². The predicted octanol–water partition coefficient (Wildman–Crippen LogP) is 2.03. The van der Waals surface area contributed by atoms with Crippen LogP contribution in [0.4, 0.5) is 0 Å². The highest BCUT2D eigenvalue weighted by Crippen LogP contribution is 2.56. The van der Waals surface area contributed by atoms with Gasteiger partial charge in [0, 0.05) is 16.4 Å². The molecule has 4 heterocycles. The lowest BCUT2D eigenvalue weighted by Gasteiger charge is -2.50. The predicted molar refractivity (Wildman–Crippen MR) is 117 cm³/mol. The number of carbonyl (C=O) groups excluding carboxylic acids is 2. The molecule has 0 saturated carbocycles. The summed E-state index contributed by atoms with van der Waals surface area (Å²) >= 11 is 5.58. The number of nitrogens with one attached hydrogen (secondary N) is 1. The molecule has 2 aliphatic heterocycles. The molecule has 2 amide bonds. The Hall–Kier alpha value is -1.21. The van der Waals surface area contributed by atoms with E-state index in [4.69, 9.17) is 0 Å². The maximum Gasteiger partial charge on any atom is 0.372 e. The van der Waals surface area contributed by atoms with Crippen LogP contribution in [-0.4, -0.2) is 59.6 Å². The molecule has 0 radical (unpaired) electrons. The highest BCUT2D eigenvalue weighted by molar-refractivity contribution is 8.02. The molecule has 9 nitrogen and oxygen atoms in total. The second-order valence-corrected chi connectivity index (χ2v) is 12.6. The summed E-state index contributed by atoms with van der Waals surface area (Å²) in [4.78, 5) is 46.9. The Morgan fingerprint density at radius 3 is 2.87 bits per heavy atom. The third-order valence-electron chi connectivity index (χ3n) is 4.40. The van der Waals surface area contributed by atoms with Gasteiger partial charge in [-0.05, 0) is 23.9 Å². The van der Waals surface area contributed by atoms with E-state index in [9.17, 15) is 23.9 Å². The van der Waals surface area contributed by atoms with Crippen molar-refractivity contribution in [2.75, 3.05) is 11.5 Å². The third-order valence-corrected chi connectivity index (χ3v) is 9.76. The second-order valence-electron chi connectivity index (χ2n) is 6.56. The van der Waals surface area contributed by atoms with E-state index in [2.05, 4.69) is 15.5 Å². The lowest BCUT2D eigenvalue weighted by atomic mass is 10.1. The highest BCUT2D eigenvalue weighted by Gasteiger charge is 2.55. The normalized spacial score (nSPS) is 21.4. The monoisotopic (exact) mass is 504 g/mol. The maximum atomic E-state index is 12.7. The van der Waals surface area contributed by atoms with Crippen LogP contribution in [0.2, 0.25) is 0 Å². The lowest BCUT2D eigenvalue weighted by Crippen LogP contribution is -2.70. The Labute approximate surface area is 188 Å². The molecular weight excluding hydrogens is 487 g/mol. The average Bonchev–Trinajstić information content (AvgIpc) is 3.34. The molecule has 2 aromatic rings. The number of nitrogens with zero attached hydrogens (tertiary/aromatic N) is 3. The number of thioether (sulfide) groups is 2. The van der Waals surface area contributed by atoms with Gasteiger partial charge < -0.3 is 15.1 Å². The zero-order chi connectivity index (χ0) is 21.5. The van der Waals surface area contributed by atoms with Gasteiger partial charge in [0.25, 0.3) is 5.91 Å². The van der Waals surface area contributed by atoms with E-state index in [1.165, 1.54) is 46.2 Å². The molecular formula is C16H17N4O5PS4. The molecule has 0 aromatic carbocycles. The average molecular weight is 505 g/mol. The van der Waals surface area contributed by atoms with E-state index in [-0.39, 0.29) is 17.8 Å². The van der Waals surface area contributed by atoms with Gasteiger partial charge >= 0.3 is 7.60 Å². The Morgan fingerprint density at radius 2 is 2.23 bits per heavy atom. The molecule has 4 rings (SSSR count). The first kappa shape index (κ1) is 22.0. The van der Waals surface area contributed by atoms with Crippen LogP contribution in [0.15, 0.2) is 32.9 Å². The van der Waals surface area contributed by atoms with Gasteiger partial charge in [0.15, 0.2) is 4.34 Å². The Morgan fingerprint density at radius 1 is 1.43 bits per heavy atom. The number of thiophene rings is 1. The maximum absolute atomic E-state index is 12.7. The number of fused-ring (bicyclic) bond motifs is 1. The molecule has 0 aliphatic carbocycles. The van der Waals surface area contributed by atoms with Crippen LogP contribution in [0, 0.1) is 6.92 Å². The van der Waals surface area contributed by atoms with E-state index in [1.807, 2.05) is 24.4 Å². The molecule has 2 aromatic heterocycles. The molecule has 14 heteroatoms. The number of carbonyl (C=O) groups is 2. The van der Waals surface area contributed by atoms with Crippen molar-refractivity contribution in [1.29, 1.82) is 0 Å². The van der Waals surface area contributed by atoms with E-state index < -0.39 is 24.9 Å². The molecule has 1 fully saturated rings. The summed E-state index contributed by atoms with van der Waals surface area (Å²) in [5, 5.41) is 12.8. The highest BCUT2D eigenvalue weighted by atomic mass is 32.2. The number of aryl methyl sites for hydroxylation is 1. The van der Waals surface area contributed by atoms with Crippen LogP contribution >= 0.6 is 53.8 Å². The van der Waals surface area contributed by atoms with Crippen molar-refractivity contribution in [2.24, 2.45) is 0 Å². The third kappa shape index (κ3) is 4.52. The zero-order valence-electron chi connectivity index (χ0n) is 15.5. The van der Waals surface area contributed by atoms with Gasteiger partial charge in [0.05, 0.1) is 6.42 Å². The largest absolute Gasteiger partial charge is 0.372 e. The van der Waals surface area contributed by atoms with Gasteiger partial charge in [-0.25, -0.2) is 0 Å². The van der Waals surface area contributed by atoms with Crippen molar-refractivity contribution in [3.63, 3.8) is 0 Å². The number of rotatable bonds is 7. The molecule has 1 saturated heterocycles. The van der Waals surface area contributed by atoms with Crippen LogP contribution in [0.3, 0.4) is 0 Å². The van der Waals surface area contributed by atoms with E-state index in [0.29, 0.717) is 21.4 Å². The zero-order valence-corrected chi connectivity index (χ0v) is 19.7. The number of β-lactam (4-membered cyclic amide) rings is 1. The number of hydrogen-bond acceptors (Lipinski definition) is 9. The van der Waals surface area contributed by atoms with Crippen molar-refractivity contribution in [1.82, 2.24) is 20.4 Å². The fraction of sp³-hybridized carbons (Fsp3) is 0.375. The number of hydrogen-bond donors (Lipinski definition) is 3.